The zero-order chi connectivity index (χ0) is 15.4. The van der Waals surface area contributed by atoms with Crippen molar-refractivity contribution in [3.63, 3.8) is 0 Å². The van der Waals surface area contributed by atoms with Crippen LogP contribution in [0.3, 0.4) is 0 Å². The van der Waals surface area contributed by atoms with Gasteiger partial charge >= 0.3 is 0 Å². The van der Waals surface area contributed by atoms with Gasteiger partial charge in [0, 0.05) is 18.7 Å². The fourth-order valence-corrected chi connectivity index (χ4v) is 2.39. The lowest BCUT2D eigenvalue weighted by Crippen LogP contribution is -2.19. The lowest BCUT2D eigenvalue weighted by atomic mass is 10.1. The van der Waals surface area contributed by atoms with Gasteiger partial charge in [-0.1, -0.05) is 30.3 Å². The number of amides is 1. The highest BCUT2D eigenvalue weighted by atomic mass is 19.1. The molecule has 0 fully saturated rings. The summed E-state index contributed by atoms with van der Waals surface area (Å²) in [6.45, 7) is 4.66. The molecule has 4 heteroatoms. The number of carbonyl (C=O) groups is 1. The lowest BCUT2D eigenvalue weighted by Gasteiger charge is -2.10. The van der Waals surface area contributed by atoms with E-state index in [2.05, 4.69) is 5.32 Å². The summed E-state index contributed by atoms with van der Waals surface area (Å²) in [7, 11) is 0. The molecule has 0 aliphatic rings. The predicted molar refractivity (Wildman–Crippen MR) is 81.4 cm³/mol. The van der Waals surface area contributed by atoms with Crippen molar-refractivity contribution in [2.75, 3.05) is 0 Å². The minimum atomic E-state index is -0.430. The van der Waals surface area contributed by atoms with E-state index >= 15 is 0 Å². The van der Waals surface area contributed by atoms with E-state index in [9.17, 15) is 9.18 Å². The molecule has 21 heavy (non-hydrogen) atoms. The molecule has 0 atom stereocenters. The normalized spacial score (nSPS) is 10.6. The van der Waals surface area contributed by atoms with Crippen LogP contribution in [0.25, 0.3) is 0 Å². The Morgan fingerprint density at radius 1 is 1.14 bits per heavy atom. The standard InChI is InChI=1S/C17H19FN2O/c1-11-7-13(8-12(2)16(11)18)9-20-10-14-5-3-4-6-15(14)17(19)21/h3-8,20H,9-10H2,1-2H3,(H2,19,21). The van der Waals surface area contributed by atoms with E-state index in [0.717, 1.165) is 11.1 Å². The van der Waals surface area contributed by atoms with Crippen molar-refractivity contribution < 1.29 is 9.18 Å². The van der Waals surface area contributed by atoms with Gasteiger partial charge in [-0.3, -0.25) is 4.79 Å². The number of rotatable bonds is 5. The molecule has 0 unspecified atom stereocenters. The van der Waals surface area contributed by atoms with Crippen molar-refractivity contribution in [1.29, 1.82) is 0 Å². The van der Waals surface area contributed by atoms with Gasteiger partial charge in [0.05, 0.1) is 0 Å². The minimum absolute atomic E-state index is 0.155. The van der Waals surface area contributed by atoms with Crippen LogP contribution in [0.4, 0.5) is 4.39 Å². The highest BCUT2D eigenvalue weighted by molar-refractivity contribution is 5.94. The van der Waals surface area contributed by atoms with Gasteiger partial charge in [0.15, 0.2) is 0 Å². The summed E-state index contributed by atoms with van der Waals surface area (Å²) < 4.78 is 13.6. The summed E-state index contributed by atoms with van der Waals surface area (Å²) in [4.78, 5) is 11.3. The number of aryl methyl sites for hydroxylation is 2. The molecule has 0 heterocycles. The molecule has 0 radical (unpaired) electrons. The maximum absolute atomic E-state index is 13.6. The van der Waals surface area contributed by atoms with Crippen LogP contribution in [-0.2, 0) is 13.1 Å². The van der Waals surface area contributed by atoms with Crippen LogP contribution in [0.5, 0.6) is 0 Å². The second kappa shape index (κ2) is 6.50. The molecule has 0 aliphatic heterocycles. The van der Waals surface area contributed by atoms with Gasteiger partial charge in [-0.15, -0.1) is 0 Å². The van der Waals surface area contributed by atoms with Gasteiger partial charge in [-0.05, 0) is 42.2 Å². The maximum Gasteiger partial charge on any atom is 0.249 e. The molecular formula is C17H19FN2O. The fraction of sp³-hybridized carbons (Fsp3) is 0.235. The zero-order valence-electron chi connectivity index (χ0n) is 12.2. The molecule has 2 aromatic carbocycles. The third kappa shape index (κ3) is 3.67. The van der Waals surface area contributed by atoms with E-state index in [4.69, 9.17) is 5.73 Å². The summed E-state index contributed by atoms with van der Waals surface area (Å²) >= 11 is 0. The molecule has 0 saturated carbocycles. The van der Waals surface area contributed by atoms with Crippen molar-refractivity contribution in [2.24, 2.45) is 5.73 Å². The predicted octanol–water partition coefficient (Wildman–Crippen LogP) is 2.83. The molecule has 1 amide bonds. The number of hydrogen-bond acceptors (Lipinski definition) is 2. The minimum Gasteiger partial charge on any atom is -0.366 e. The smallest absolute Gasteiger partial charge is 0.249 e. The summed E-state index contributed by atoms with van der Waals surface area (Å²) in [5.41, 5.74) is 9.03. The SMILES string of the molecule is Cc1cc(CNCc2ccccc2C(N)=O)cc(C)c1F. The molecule has 3 nitrogen and oxygen atoms in total. The van der Waals surface area contributed by atoms with Crippen molar-refractivity contribution in [1.82, 2.24) is 5.32 Å². The van der Waals surface area contributed by atoms with Gasteiger partial charge in [0.2, 0.25) is 5.91 Å². The third-order valence-electron chi connectivity index (χ3n) is 3.42. The van der Waals surface area contributed by atoms with Crippen molar-refractivity contribution >= 4 is 5.91 Å². The number of primary amides is 1. The topological polar surface area (TPSA) is 55.1 Å². The monoisotopic (exact) mass is 286 g/mol. The second-order valence-electron chi connectivity index (χ2n) is 5.17. The van der Waals surface area contributed by atoms with Gasteiger partial charge in [-0.2, -0.15) is 0 Å². The van der Waals surface area contributed by atoms with Crippen LogP contribution in [0.15, 0.2) is 36.4 Å². The van der Waals surface area contributed by atoms with E-state index in [-0.39, 0.29) is 5.82 Å². The number of nitrogens with two attached hydrogens (primary N) is 1. The molecule has 0 aliphatic carbocycles. The van der Waals surface area contributed by atoms with Crippen LogP contribution in [0.1, 0.15) is 32.6 Å². The molecule has 110 valence electrons. The molecule has 0 spiro atoms. The quantitative estimate of drug-likeness (QED) is 0.888. The van der Waals surface area contributed by atoms with Crippen LogP contribution in [0.2, 0.25) is 0 Å². The molecule has 2 aromatic rings. The van der Waals surface area contributed by atoms with E-state index in [1.165, 1.54) is 0 Å². The summed E-state index contributed by atoms with van der Waals surface area (Å²) in [5, 5.41) is 3.26. The number of nitrogens with one attached hydrogen (secondary N) is 1. The van der Waals surface area contributed by atoms with Crippen molar-refractivity contribution in [3.05, 3.63) is 70.0 Å². The molecule has 2 rings (SSSR count). The van der Waals surface area contributed by atoms with Crippen LogP contribution >= 0.6 is 0 Å². The summed E-state index contributed by atoms with van der Waals surface area (Å²) in [6.07, 6.45) is 0. The zero-order valence-corrected chi connectivity index (χ0v) is 12.2. The summed E-state index contributed by atoms with van der Waals surface area (Å²) in [6, 6.07) is 10.9. The average Bonchev–Trinajstić information content (AvgIpc) is 2.45. The number of carbonyl (C=O) groups excluding carboxylic acids is 1. The number of halogens is 1. The van der Waals surface area contributed by atoms with Crippen LogP contribution in [-0.4, -0.2) is 5.91 Å². The fourth-order valence-electron chi connectivity index (χ4n) is 2.39. The maximum atomic E-state index is 13.6. The first-order chi connectivity index (χ1) is 9.99. The van der Waals surface area contributed by atoms with E-state index < -0.39 is 5.91 Å². The second-order valence-corrected chi connectivity index (χ2v) is 5.17. The Labute approximate surface area is 124 Å². The van der Waals surface area contributed by atoms with Gasteiger partial charge in [-0.25, -0.2) is 4.39 Å². The Bertz CT molecular complexity index is 645. The summed E-state index contributed by atoms with van der Waals surface area (Å²) in [5.74, 6) is -0.585. The Morgan fingerprint density at radius 3 is 2.38 bits per heavy atom. The Hall–Kier alpha value is -2.20. The third-order valence-corrected chi connectivity index (χ3v) is 3.42. The number of benzene rings is 2. The molecular weight excluding hydrogens is 267 g/mol. The van der Waals surface area contributed by atoms with Crippen molar-refractivity contribution in [2.45, 2.75) is 26.9 Å². The van der Waals surface area contributed by atoms with Gasteiger partial charge < -0.3 is 11.1 Å². The lowest BCUT2D eigenvalue weighted by molar-refractivity contribution is 0.0999. The highest BCUT2D eigenvalue weighted by Gasteiger charge is 2.07. The first-order valence-corrected chi connectivity index (χ1v) is 6.83. The van der Waals surface area contributed by atoms with Crippen LogP contribution in [0, 0.1) is 19.7 Å². The largest absolute Gasteiger partial charge is 0.366 e. The molecule has 0 bridgehead atoms. The Kier molecular flexibility index (Phi) is 4.70. The Balaban J connectivity index is 2.04. The molecule has 0 saturated heterocycles. The number of hydrogen-bond donors (Lipinski definition) is 2. The van der Waals surface area contributed by atoms with E-state index in [0.29, 0.717) is 29.8 Å². The van der Waals surface area contributed by atoms with Gasteiger partial charge in [0.25, 0.3) is 0 Å². The van der Waals surface area contributed by atoms with E-state index in [1.807, 2.05) is 24.3 Å². The van der Waals surface area contributed by atoms with Crippen molar-refractivity contribution in [3.8, 4) is 0 Å². The Morgan fingerprint density at radius 2 is 1.76 bits per heavy atom. The highest BCUT2D eigenvalue weighted by Crippen LogP contribution is 2.15. The first-order valence-electron chi connectivity index (χ1n) is 6.83. The van der Waals surface area contributed by atoms with E-state index in [1.54, 1.807) is 26.0 Å². The molecule has 3 N–H and O–H groups in total. The van der Waals surface area contributed by atoms with Crippen LogP contribution < -0.4 is 11.1 Å². The molecule has 0 aromatic heterocycles. The van der Waals surface area contributed by atoms with Gasteiger partial charge in [0.1, 0.15) is 5.82 Å². The first kappa shape index (κ1) is 15.2. The average molecular weight is 286 g/mol.